The van der Waals surface area contributed by atoms with Gasteiger partial charge < -0.3 is 14.4 Å². The Morgan fingerprint density at radius 2 is 1.50 bits per heavy atom. The Balaban J connectivity index is 1.66. The minimum atomic E-state index is -0.173. The van der Waals surface area contributed by atoms with Gasteiger partial charge in [0.25, 0.3) is 0 Å². The van der Waals surface area contributed by atoms with Gasteiger partial charge in [-0.1, -0.05) is 0 Å². The summed E-state index contributed by atoms with van der Waals surface area (Å²) >= 11 is 0. The Morgan fingerprint density at radius 3 is 2.05 bits per heavy atom. The number of hydrogen-bond donors (Lipinski definition) is 0. The van der Waals surface area contributed by atoms with Gasteiger partial charge >= 0.3 is 5.97 Å². The van der Waals surface area contributed by atoms with Crippen molar-refractivity contribution in [3.8, 4) is 0 Å². The van der Waals surface area contributed by atoms with E-state index in [2.05, 4.69) is 9.80 Å². The molecule has 2 saturated heterocycles. The van der Waals surface area contributed by atoms with Gasteiger partial charge in [0.05, 0.1) is 32.4 Å². The van der Waals surface area contributed by atoms with Crippen LogP contribution in [0.5, 0.6) is 0 Å². The zero-order valence-electron chi connectivity index (χ0n) is 13.6. The lowest BCUT2D eigenvalue weighted by Crippen LogP contribution is -2.52. The van der Waals surface area contributed by atoms with Crippen LogP contribution in [0.2, 0.25) is 0 Å². The van der Waals surface area contributed by atoms with Crippen molar-refractivity contribution >= 4 is 11.9 Å². The molecule has 0 unspecified atom stereocenters. The van der Waals surface area contributed by atoms with E-state index in [4.69, 9.17) is 9.47 Å². The molecule has 0 spiro atoms. The average molecular weight is 313 g/mol. The van der Waals surface area contributed by atoms with E-state index in [1.54, 1.807) is 0 Å². The maximum atomic E-state index is 12.2. The van der Waals surface area contributed by atoms with E-state index < -0.39 is 0 Å². The molecule has 0 N–H and O–H groups in total. The monoisotopic (exact) mass is 313 g/mol. The van der Waals surface area contributed by atoms with Crippen LogP contribution in [0.25, 0.3) is 0 Å². The predicted octanol–water partition coefficient (Wildman–Crippen LogP) is -0.586. The first-order chi connectivity index (χ1) is 10.5. The topological polar surface area (TPSA) is 62.3 Å². The summed E-state index contributed by atoms with van der Waals surface area (Å²) in [5, 5.41) is 0. The molecule has 22 heavy (non-hydrogen) atoms. The lowest BCUT2D eigenvalue weighted by molar-refractivity contribution is -0.149. The molecule has 0 radical (unpaired) electrons. The molecule has 0 aromatic heterocycles. The molecule has 2 rings (SSSR count). The highest BCUT2D eigenvalue weighted by Gasteiger charge is 2.24. The van der Waals surface area contributed by atoms with Gasteiger partial charge in [0, 0.05) is 39.3 Å². The summed E-state index contributed by atoms with van der Waals surface area (Å²) in [5.74, 6) is 0.00353. The fraction of sp³-hybridized carbons (Fsp3) is 0.867. The van der Waals surface area contributed by atoms with Crippen LogP contribution in [0.4, 0.5) is 0 Å². The highest BCUT2D eigenvalue weighted by Crippen LogP contribution is 2.05. The van der Waals surface area contributed by atoms with Gasteiger partial charge in [-0.25, -0.2) is 0 Å². The van der Waals surface area contributed by atoms with Crippen molar-refractivity contribution in [2.24, 2.45) is 0 Å². The average Bonchev–Trinajstić information content (AvgIpc) is 2.49. The first-order valence-electron chi connectivity index (χ1n) is 8.04. The van der Waals surface area contributed by atoms with Crippen molar-refractivity contribution in [1.29, 1.82) is 0 Å². The third-order valence-corrected chi connectivity index (χ3v) is 3.91. The molecule has 126 valence electrons. The second kappa shape index (κ2) is 8.45. The number of amides is 1. The molecule has 0 aromatic rings. The van der Waals surface area contributed by atoms with Crippen molar-refractivity contribution in [2.75, 3.05) is 65.6 Å². The van der Waals surface area contributed by atoms with E-state index in [9.17, 15) is 9.59 Å². The van der Waals surface area contributed by atoms with Gasteiger partial charge in [-0.3, -0.25) is 19.4 Å². The highest BCUT2D eigenvalue weighted by molar-refractivity contribution is 5.78. The number of rotatable bonds is 5. The number of esters is 1. The molecule has 7 nitrogen and oxygen atoms in total. The van der Waals surface area contributed by atoms with Crippen LogP contribution in [-0.2, 0) is 19.1 Å². The van der Waals surface area contributed by atoms with Crippen LogP contribution in [0.1, 0.15) is 13.8 Å². The smallest absolute Gasteiger partial charge is 0.320 e. The molecule has 0 saturated carbocycles. The first-order valence-corrected chi connectivity index (χ1v) is 8.04. The molecule has 0 bridgehead atoms. The van der Waals surface area contributed by atoms with Crippen LogP contribution in [-0.4, -0.2) is 98.3 Å². The second-order valence-electron chi connectivity index (χ2n) is 6.08. The summed E-state index contributed by atoms with van der Waals surface area (Å²) in [6.07, 6.45) is -0.0695. The fourth-order valence-corrected chi connectivity index (χ4v) is 2.69. The third-order valence-electron chi connectivity index (χ3n) is 3.91. The second-order valence-corrected chi connectivity index (χ2v) is 6.08. The number of nitrogens with zero attached hydrogens (tertiary/aromatic N) is 3. The van der Waals surface area contributed by atoms with Crippen LogP contribution < -0.4 is 0 Å². The Hall–Kier alpha value is -1.18. The molecule has 1 amide bonds. The summed E-state index contributed by atoms with van der Waals surface area (Å²) in [4.78, 5) is 29.9. The molecule has 2 fully saturated rings. The summed E-state index contributed by atoms with van der Waals surface area (Å²) in [7, 11) is 0. The van der Waals surface area contributed by atoms with Gasteiger partial charge in [0.2, 0.25) is 5.91 Å². The minimum Gasteiger partial charge on any atom is -0.462 e. The summed E-state index contributed by atoms with van der Waals surface area (Å²) in [5.41, 5.74) is 0. The highest BCUT2D eigenvalue weighted by atomic mass is 16.5. The van der Waals surface area contributed by atoms with E-state index in [1.165, 1.54) is 0 Å². The molecular formula is C15H27N3O4. The van der Waals surface area contributed by atoms with E-state index in [-0.39, 0.29) is 18.0 Å². The Kier molecular flexibility index (Phi) is 6.60. The summed E-state index contributed by atoms with van der Waals surface area (Å²) < 4.78 is 10.4. The molecule has 2 aliphatic rings. The van der Waals surface area contributed by atoms with Crippen molar-refractivity contribution in [2.45, 2.75) is 20.0 Å². The van der Waals surface area contributed by atoms with Gasteiger partial charge in [0.1, 0.15) is 0 Å². The quantitative estimate of drug-likeness (QED) is 0.633. The van der Waals surface area contributed by atoms with Crippen LogP contribution >= 0.6 is 0 Å². The number of ether oxygens (including phenoxy) is 2. The summed E-state index contributed by atoms with van der Waals surface area (Å²) in [6.45, 7) is 10.4. The SMILES string of the molecule is CC(C)OC(=O)CN1CCN(CC(=O)N2CCOCC2)CC1. The molecule has 7 heteroatoms. The number of carbonyl (C=O) groups is 2. The molecule has 0 aromatic carbocycles. The number of morpholine rings is 1. The fourth-order valence-electron chi connectivity index (χ4n) is 2.69. The van der Waals surface area contributed by atoms with Gasteiger partial charge in [-0.15, -0.1) is 0 Å². The zero-order valence-corrected chi connectivity index (χ0v) is 13.6. The lowest BCUT2D eigenvalue weighted by atomic mass is 10.3. The van der Waals surface area contributed by atoms with Crippen LogP contribution in [0.15, 0.2) is 0 Å². The van der Waals surface area contributed by atoms with Crippen molar-refractivity contribution < 1.29 is 19.1 Å². The van der Waals surface area contributed by atoms with Crippen LogP contribution in [0, 0.1) is 0 Å². The standard InChI is InChI=1S/C15H27N3O4/c1-13(2)22-15(20)12-17-5-3-16(4-6-17)11-14(19)18-7-9-21-10-8-18/h13H,3-12H2,1-2H3. The van der Waals surface area contributed by atoms with Crippen LogP contribution in [0.3, 0.4) is 0 Å². The minimum absolute atomic E-state index is 0.0695. The van der Waals surface area contributed by atoms with Crippen molar-refractivity contribution in [3.05, 3.63) is 0 Å². The maximum Gasteiger partial charge on any atom is 0.320 e. The molecule has 0 atom stereocenters. The largest absolute Gasteiger partial charge is 0.462 e. The Labute approximate surface area is 132 Å². The van der Waals surface area contributed by atoms with E-state index in [0.717, 1.165) is 26.2 Å². The molecule has 2 heterocycles. The van der Waals surface area contributed by atoms with Gasteiger partial charge in [-0.05, 0) is 13.8 Å². The molecule has 0 aliphatic carbocycles. The van der Waals surface area contributed by atoms with Gasteiger partial charge in [-0.2, -0.15) is 0 Å². The molecule has 2 aliphatic heterocycles. The van der Waals surface area contributed by atoms with Crippen molar-refractivity contribution in [1.82, 2.24) is 14.7 Å². The predicted molar refractivity (Wildman–Crippen MR) is 81.5 cm³/mol. The maximum absolute atomic E-state index is 12.2. The summed E-state index contributed by atoms with van der Waals surface area (Å²) in [6, 6.07) is 0. The first kappa shape index (κ1) is 17.2. The zero-order chi connectivity index (χ0) is 15.9. The van der Waals surface area contributed by atoms with E-state index in [1.807, 2.05) is 18.7 Å². The van der Waals surface area contributed by atoms with E-state index in [0.29, 0.717) is 39.4 Å². The molecular weight excluding hydrogens is 286 g/mol. The lowest BCUT2D eigenvalue weighted by Gasteiger charge is -2.35. The van der Waals surface area contributed by atoms with E-state index >= 15 is 0 Å². The number of piperazine rings is 1. The third kappa shape index (κ3) is 5.55. The normalized spacial score (nSPS) is 21.1. The van der Waals surface area contributed by atoms with Crippen molar-refractivity contribution in [3.63, 3.8) is 0 Å². The Morgan fingerprint density at radius 1 is 0.955 bits per heavy atom. The number of hydrogen-bond acceptors (Lipinski definition) is 6. The van der Waals surface area contributed by atoms with Gasteiger partial charge in [0.15, 0.2) is 0 Å². The Bertz CT molecular complexity index is 375. The number of carbonyl (C=O) groups excluding carboxylic acids is 2.